The first-order valence-electron chi connectivity index (χ1n) is 5.79. The quantitative estimate of drug-likeness (QED) is 0.595. The van der Waals surface area contributed by atoms with Crippen LogP contribution in [-0.2, 0) is 6.54 Å². The van der Waals surface area contributed by atoms with Crippen molar-refractivity contribution < 1.29 is 0 Å². The maximum Gasteiger partial charge on any atom is 0.171 e. The predicted octanol–water partition coefficient (Wildman–Crippen LogP) is 5.13. The number of anilines is 1. The summed E-state index contributed by atoms with van der Waals surface area (Å²) in [7, 11) is 0. The summed E-state index contributed by atoms with van der Waals surface area (Å²) in [4.78, 5) is 0. The maximum absolute atomic E-state index is 6.07. The summed E-state index contributed by atoms with van der Waals surface area (Å²) in [6, 6.07) is 13.2. The highest BCUT2D eigenvalue weighted by Crippen LogP contribution is 2.32. The van der Waals surface area contributed by atoms with Gasteiger partial charge in [0.05, 0.1) is 20.8 Å². The molecule has 0 aliphatic rings. The van der Waals surface area contributed by atoms with Gasteiger partial charge in [0.2, 0.25) is 0 Å². The molecule has 0 spiro atoms. The number of thiocarbonyl (C=S) groups is 1. The molecule has 0 amide bonds. The van der Waals surface area contributed by atoms with Gasteiger partial charge in [-0.2, -0.15) is 0 Å². The van der Waals surface area contributed by atoms with Gasteiger partial charge in [0.15, 0.2) is 5.11 Å². The van der Waals surface area contributed by atoms with E-state index in [4.69, 9.17) is 47.0 Å². The van der Waals surface area contributed by atoms with E-state index in [2.05, 4.69) is 10.6 Å². The number of nitrogens with one attached hydrogen (secondary N) is 2. The van der Waals surface area contributed by atoms with Gasteiger partial charge in [0.25, 0.3) is 0 Å². The lowest BCUT2D eigenvalue weighted by Gasteiger charge is -2.12. The van der Waals surface area contributed by atoms with Crippen molar-refractivity contribution >= 4 is 57.8 Å². The van der Waals surface area contributed by atoms with Crippen molar-refractivity contribution in [3.8, 4) is 0 Å². The Kier molecular flexibility index (Phi) is 5.49. The highest BCUT2D eigenvalue weighted by atomic mass is 35.5. The molecule has 0 saturated heterocycles. The molecule has 0 aromatic heterocycles. The van der Waals surface area contributed by atoms with Crippen LogP contribution in [-0.4, -0.2) is 5.11 Å². The molecule has 0 aliphatic carbocycles. The van der Waals surface area contributed by atoms with Gasteiger partial charge in [0.1, 0.15) is 0 Å². The average Bonchev–Trinajstić information content (AvgIpc) is 2.44. The Morgan fingerprint density at radius 2 is 1.60 bits per heavy atom. The summed E-state index contributed by atoms with van der Waals surface area (Å²) in [6.07, 6.45) is 0. The van der Waals surface area contributed by atoms with Gasteiger partial charge < -0.3 is 10.6 Å². The van der Waals surface area contributed by atoms with Crippen LogP contribution in [0, 0.1) is 0 Å². The minimum atomic E-state index is 0.408. The molecule has 0 atom stereocenters. The average molecular weight is 346 g/mol. The van der Waals surface area contributed by atoms with E-state index in [0.717, 1.165) is 5.56 Å². The summed E-state index contributed by atoms with van der Waals surface area (Å²) in [5, 5.41) is 7.84. The summed E-state index contributed by atoms with van der Waals surface area (Å²) in [5.74, 6) is 0. The van der Waals surface area contributed by atoms with Gasteiger partial charge in [-0.25, -0.2) is 0 Å². The van der Waals surface area contributed by atoms with Gasteiger partial charge in [-0.15, -0.1) is 0 Å². The van der Waals surface area contributed by atoms with E-state index in [0.29, 0.717) is 32.4 Å². The Morgan fingerprint density at radius 1 is 0.950 bits per heavy atom. The molecule has 2 N–H and O–H groups in total. The highest BCUT2D eigenvalue weighted by Gasteiger charge is 2.07. The summed E-state index contributed by atoms with van der Waals surface area (Å²) in [5.41, 5.74) is 1.75. The fourth-order valence-electron chi connectivity index (χ4n) is 1.56. The fraction of sp³-hybridized carbons (Fsp3) is 0.0714. The molecule has 2 aromatic carbocycles. The smallest absolute Gasteiger partial charge is 0.171 e. The molecule has 20 heavy (non-hydrogen) atoms. The standard InChI is InChI=1S/C14H11Cl3N2S/c15-10-6-12(17)13(7-11(10)16)19-14(20)18-8-9-4-2-1-3-5-9/h1-7H,8H2,(H2,18,19,20). The lowest BCUT2D eigenvalue weighted by Crippen LogP contribution is -2.27. The zero-order valence-electron chi connectivity index (χ0n) is 10.3. The van der Waals surface area contributed by atoms with Gasteiger partial charge in [0, 0.05) is 6.54 Å². The van der Waals surface area contributed by atoms with Crippen LogP contribution in [0.25, 0.3) is 0 Å². The number of halogens is 3. The lowest BCUT2D eigenvalue weighted by molar-refractivity contribution is 0.926. The van der Waals surface area contributed by atoms with Crippen LogP contribution in [0.1, 0.15) is 5.56 Å². The Morgan fingerprint density at radius 3 is 2.30 bits per heavy atom. The topological polar surface area (TPSA) is 24.1 Å². The predicted molar refractivity (Wildman–Crippen MR) is 91.0 cm³/mol. The first-order chi connectivity index (χ1) is 9.56. The summed E-state index contributed by atoms with van der Waals surface area (Å²) >= 11 is 23.1. The Balaban J connectivity index is 1.97. The molecule has 6 heteroatoms. The van der Waals surface area contributed by atoms with Crippen LogP contribution >= 0.6 is 47.0 Å². The Bertz CT molecular complexity index is 617. The Labute approximate surface area is 138 Å². The number of benzene rings is 2. The van der Waals surface area contributed by atoms with Crippen LogP contribution < -0.4 is 10.6 Å². The van der Waals surface area contributed by atoms with Crippen molar-refractivity contribution in [3.05, 3.63) is 63.1 Å². The van der Waals surface area contributed by atoms with Crippen molar-refractivity contribution in [2.24, 2.45) is 0 Å². The first-order valence-corrected chi connectivity index (χ1v) is 7.34. The molecule has 0 heterocycles. The molecule has 104 valence electrons. The molecular weight excluding hydrogens is 335 g/mol. The van der Waals surface area contributed by atoms with Crippen molar-refractivity contribution in [2.75, 3.05) is 5.32 Å². The normalized spacial score (nSPS) is 10.2. The zero-order chi connectivity index (χ0) is 14.5. The minimum absolute atomic E-state index is 0.408. The van der Waals surface area contributed by atoms with Crippen LogP contribution in [0.5, 0.6) is 0 Å². The van der Waals surface area contributed by atoms with E-state index in [1.165, 1.54) is 0 Å². The largest absolute Gasteiger partial charge is 0.358 e. The molecule has 0 bridgehead atoms. The van der Waals surface area contributed by atoms with Gasteiger partial charge in [-0.3, -0.25) is 0 Å². The highest BCUT2D eigenvalue weighted by molar-refractivity contribution is 7.80. The second-order valence-corrected chi connectivity index (χ2v) is 5.67. The molecule has 2 aromatic rings. The molecule has 0 fully saturated rings. The summed E-state index contributed by atoms with van der Waals surface area (Å²) in [6.45, 7) is 0.631. The van der Waals surface area contributed by atoms with Crippen molar-refractivity contribution in [1.29, 1.82) is 0 Å². The summed E-state index contributed by atoms with van der Waals surface area (Å²) < 4.78 is 0. The van der Waals surface area contributed by atoms with E-state index < -0.39 is 0 Å². The third kappa shape index (κ3) is 4.25. The van der Waals surface area contributed by atoms with E-state index in [1.54, 1.807) is 12.1 Å². The SMILES string of the molecule is S=C(NCc1ccccc1)Nc1cc(Cl)c(Cl)cc1Cl. The van der Waals surface area contributed by atoms with E-state index >= 15 is 0 Å². The van der Waals surface area contributed by atoms with Crippen LogP contribution in [0.2, 0.25) is 15.1 Å². The van der Waals surface area contributed by atoms with E-state index in [-0.39, 0.29) is 0 Å². The second-order valence-electron chi connectivity index (χ2n) is 4.04. The van der Waals surface area contributed by atoms with Gasteiger partial charge in [-0.1, -0.05) is 65.1 Å². The second kappa shape index (κ2) is 7.14. The fourth-order valence-corrected chi connectivity index (χ4v) is 2.34. The number of hydrogen-bond donors (Lipinski definition) is 2. The molecule has 0 aliphatic heterocycles. The van der Waals surface area contributed by atoms with Crippen LogP contribution in [0.4, 0.5) is 5.69 Å². The first kappa shape index (κ1) is 15.4. The monoisotopic (exact) mass is 344 g/mol. The molecular formula is C14H11Cl3N2S. The van der Waals surface area contributed by atoms with Crippen molar-refractivity contribution in [2.45, 2.75) is 6.54 Å². The van der Waals surface area contributed by atoms with Crippen LogP contribution in [0.15, 0.2) is 42.5 Å². The molecule has 0 radical (unpaired) electrons. The third-order valence-corrected chi connectivity index (χ3v) is 3.84. The van der Waals surface area contributed by atoms with Crippen molar-refractivity contribution in [1.82, 2.24) is 5.32 Å². The lowest BCUT2D eigenvalue weighted by atomic mass is 10.2. The van der Waals surface area contributed by atoms with Crippen molar-refractivity contribution in [3.63, 3.8) is 0 Å². The van der Waals surface area contributed by atoms with Gasteiger partial charge >= 0.3 is 0 Å². The molecule has 0 saturated carbocycles. The van der Waals surface area contributed by atoms with Gasteiger partial charge in [-0.05, 0) is 29.9 Å². The number of hydrogen-bond acceptors (Lipinski definition) is 1. The molecule has 0 unspecified atom stereocenters. The van der Waals surface area contributed by atoms with E-state index in [9.17, 15) is 0 Å². The zero-order valence-corrected chi connectivity index (χ0v) is 13.4. The minimum Gasteiger partial charge on any atom is -0.358 e. The third-order valence-electron chi connectivity index (χ3n) is 2.55. The maximum atomic E-state index is 6.07. The Hall–Kier alpha value is -1.000. The van der Waals surface area contributed by atoms with Crippen LogP contribution in [0.3, 0.4) is 0 Å². The number of rotatable bonds is 3. The molecule has 2 rings (SSSR count). The van der Waals surface area contributed by atoms with E-state index in [1.807, 2.05) is 30.3 Å². The molecule has 2 nitrogen and oxygen atoms in total.